The normalized spacial score (nSPS) is 20.8. The molecule has 14 heavy (non-hydrogen) atoms. The Labute approximate surface area is 94.9 Å². The average Bonchev–Trinajstić information content (AvgIpc) is 2.21. The minimum atomic E-state index is -0.357. The van der Waals surface area contributed by atoms with Crippen LogP contribution < -0.4 is 0 Å². The fraction of sp³-hybridized carbons (Fsp3) is 1.00. The van der Waals surface area contributed by atoms with Crippen LogP contribution in [0.2, 0.25) is 15.3 Å². The third kappa shape index (κ3) is 3.95. The van der Waals surface area contributed by atoms with Gasteiger partial charge in [0, 0.05) is 0 Å². The Balaban J connectivity index is 2.26. The highest BCUT2D eigenvalue weighted by atomic mass is 27.2. The van der Waals surface area contributed by atoms with Crippen LogP contribution in [0.25, 0.3) is 0 Å². The molecule has 1 aliphatic carbocycles. The van der Waals surface area contributed by atoms with E-state index < -0.39 is 0 Å². The topological polar surface area (TPSA) is 0 Å². The van der Waals surface area contributed by atoms with Crippen LogP contribution in [-0.2, 0) is 0 Å². The van der Waals surface area contributed by atoms with Crippen molar-refractivity contribution in [2.45, 2.75) is 74.6 Å². The fourth-order valence-corrected chi connectivity index (χ4v) is 6.19. The summed E-state index contributed by atoms with van der Waals surface area (Å²) in [5.74, 6) is 1.10. The van der Waals surface area contributed by atoms with Crippen molar-refractivity contribution < 1.29 is 0 Å². The second-order valence-corrected chi connectivity index (χ2v) is 9.58. The molecule has 0 nitrogen and oxygen atoms in total. The van der Waals surface area contributed by atoms with Crippen LogP contribution in [0.3, 0.4) is 0 Å². The van der Waals surface area contributed by atoms with Crippen LogP contribution >= 0.6 is 0 Å². The molecule has 1 aliphatic rings. The van der Waals surface area contributed by atoms with Gasteiger partial charge in [0.2, 0.25) is 0 Å². The predicted molar refractivity (Wildman–Crippen MR) is 67.3 cm³/mol. The van der Waals surface area contributed by atoms with Crippen LogP contribution in [0.1, 0.15) is 59.3 Å². The van der Waals surface area contributed by atoms with Crippen LogP contribution in [-0.4, -0.2) is 14.1 Å². The Kier molecular flexibility index (Phi) is 6.22. The van der Waals surface area contributed by atoms with Gasteiger partial charge in [0.1, 0.15) is 0 Å². The van der Waals surface area contributed by atoms with Crippen LogP contribution in [0, 0.1) is 5.92 Å². The predicted octanol–water partition coefficient (Wildman–Crippen LogP) is 4.88. The smallest absolute Gasteiger partial charge is 0.0966 e. The number of rotatable bonds is 5. The van der Waals surface area contributed by atoms with Gasteiger partial charge in [-0.25, -0.2) is 0 Å². The summed E-state index contributed by atoms with van der Waals surface area (Å²) in [4.78, 5) is 0. The third-order valence-electron chi connectivity index (χ3n) is 4.28. The highest BCUT2D eigenvalue weighted by Crippen LogP contribution is 2.33. The number of hydrogen-bond donors (Lipinski definition) is 0. The van der Waals surface area contributed by atoms with Crippen molar-refractivity contribution in [1.82, 2.24) is 0 Å². The minimum absolute atomic E-state index is 0.357. The summed E-state index contributed by atoms with van der Waals surface area (Å²) >= 11 is -0.357. The summed E-state index contributed by atoms with van der Waals surface area (Å²) in [7, 11) is 0. The molecule has 1 unspecified atom stereocenters. The summed E-state index contributed by atoms with van der Waals surface area (Å²) < 4.78 is 1.10. The zero-order valence-electron chi connectivity index (χ0n) is 10.4. The van der Waals surface area contributed by atoms with E-state index in [-0.39, 0.29) is 14.1 Å². The van der Waals surface area contributed by atoms with Gasteiger partial charge in [-0.3, -0.25) is 0 Å². The van der Waals surface area contributed by atoms with Crippen molar-refractivity contribution in [2.75, 3.05) is 0 Å². The van der Waals surface area contributed by atoms with Gasteiger partial charge < -0.3 is 0 Å². The molecule has 0 saturated heterocycles. The molecule has 0 aromatic carbocycles. The quantitative estimate of drug-likeness (QED) is 0.567. The molecule has 82 valence electrons. The molecular formula is C13H27Al. The van der Waals surface area contributed by atoms with Gasteiger partial charge in [-0.2, -0.15) is 0 Å². The summed E-state index contributed by atoms with van der Waals surface area (Å²) in [6.45, 7) is 7.37. The van der Waals surface area contributed by atoms with Gasteiger partial charge in [-0.15, -0.1) is 0 Å². The Bertz CT molecular complexity index is 134. The Morgan fingerprint density at radius 1 is 1.07 bits per heavy atom. The maximum Gasteiger partial charge on any atom is 0.264 e. The van der Waals surface area contributed by atoms with E-state index in [4.69, 9.17) is 0 Å². The molecular weight excluding hydrogens is 183 g/mol. The van der Waals surface area contributed by atoms with Crippen molar-refractivity contribution in [1.29, 1.82) is 0 Å². The largest absolute Gasteiger partial charge is 0.264 e. The van der Waals surface area contributed by atoms with Crippen molar-refractivity contribution in [3.63, 3.8) is 0 Å². The van der Waals surface area contributed by atoms with E-state index in [1.54, 1.807) is 19.3 Å². The van der Waals surface area contributed by atoms with Crippen molar-refractivity contribution >= 4 is 14.1 Å². The summed E-state index contributed by atoms with van der Waals surface area (Å²) in [6, 6.07) is 0. The second kappa shape index (κ2) is 6.91. The zero-order valence-corrected chi connectivity index (χ0v) is 11.5. The molecule has 0 bridgehead atoms. The molecule has 1 atom stereocenters. The molecule has 1 heteroatoms. The van der Waals surface area contributed by atoms with Crippen LogP contribution in [0.15, 0.2) is 0 Å². The third-order valence-corrected chi connectivity index (χ3v) is 8.26. The van der Waals surface area contributed by atoms with Gasteiger partial charge in [0.05, 0.1) is 0 Å². The highest BCUT2D eigenvalue weighted by molar-refractivity contribution is 6.60. The lowest BCUT2D eigenvalue weighted by molar-refractivity contribution is 0.335. The van der Waals surface area contributed by atoms with E-state index in [1.165, 1.54) is 29.8 Å². The van der Waals surface area contributed by atoms with Gasteiger partial charge in [0.15, 0.2) is 0 Å². The van der Waals surface area contributed by atoms with Crippen molar-refractivity contribution in [2.24, 2.45) is 5.92 Å². The van der Waals surface area contributed by atoms with Crippen LogP contribution in [0.5, 0.6) is 0 Å². The van der Waals surface area contributed by atoms with Crippen molar-refractivity contribution in [3.05, 3.63) is 0 Å². The molecule has 0 heterocycles. The first-order valence-electron chi connectivity index (χ1n) is 6.77. The zero-order chi connectivity index (χ0) is 10.4. The Morgan fingerprint density at radius 3 is 2.14 bits per heavy atom. The first-order valence-corrected chi connectivity index (χ1v) is 9.07. The van der Waals surface area contributed by atoms with E-state index in [9.17, 15) is 0 Å². The molecule has 0 amide bonds. The fourth-order valence-electron chi connectivity index (χ4n) is 3.23. The molecule has 0 aliphatic heterocycles. The molecule has 0 radical (unpaired) electrons. The van der Waals surface area contributed by atoms with Crippen LogP contribution in [0.4, 0.5) is 0 Å². The van der Waals surface area contributed by atoms with E-state index >= 15 is 0 Å². The number of hydrogen-bond acceptors (Lipinski definition) is 0. The Hall–Kier alpha value is 0.532. The van der Waals surface area contributed by atoms with E-state index in [0.717, 1.165) is 10.7 Å². The van der Waals surface area contributed by atoms with Crippen molar-refractivity contribution in [3.8, 4) is 0 Å². The molecule has 0 spiro atoms. The summed E-state index contributed by atoms with van der Waals surface area (Å²) in [5.41, 5.74) is 0. The molecule has 1 rings (SSSR count). The van der Waals surface area contributed by atoms with Gasteiger partial charge in [-0.1, -0.05) is 74.6 Å². The molecule has 0 aromatic heterocycles. The highest BCUT2D eigenvalue weighted by Gasteiger charge is 2.24. The summed E-state index contributed by atoms with van der Waals surface area (Å²) in [6.07, 6.45) is 9.19. The lowest BCUT2D eigenvalue weighted by Crippen LogP contribution is -2.20. The van der Waals surface area contributed by atoms with E-state index in [0.29, 0.717) is 0 Å². The SMILES string of the molecule is C[CH2][Al]([CH2]C)[CH](C)CC1CCCCC1. The molecule has 1 fully saturated rings. The first kappa shape index (κ1) is 12.6. The standard InChI is InChI=1S/C9H17.2C2H5.Al/c1-2-6-9-7-4-3-5-8-9;2*1-2;/h2,9H,3-8H2,1H3;2*1H2,2H3;. The van der Waals surface area contributed by atoms with E-state index in [2.05, 4.69) is 20.8 Å². The molecule has 0 N–H and O–H groups in total. The van der Waals surface area contributed by atoms with Gasteiger partial charge in [-0.05, 0) is 5.92 Å². The van der Waals surface area contributed by atoms with Gasteiger partial charge in [0.25, 0.3) is 14.1 Å². The second-order valence-electron chi connectivity index (χ2n) is 5.29. The molecule has 1 saturated carbocycles. The molecule has 0 aromatic rings. The summed E-state index contributed by atoms with van der Waals surface area (Å²) in [5, 5.41) is 3.04. The lowest BCUT2D eigenvalue weighted by atomic mass is 9.86. The first-order chi connectivity index (χ1) is 6.77. The Morgan fingerprint density at radius 2 is 1.64 bits per heavy atom. The lowest BCUT2D eigenvalue weighted by Gasteiger charge is -2.26. The minimum Gasteiger partial charge on any atom is -0.0966 e. The van der Waals surface area contributed by atoms with Gasteiger partial charge >= 0.3 is 0 Å². The van der Waals surface area contributed by atoms with E-state index in [1.807, 2.05) is 0 Å². The average molecular weight is 210 g/mol. The maximum atomic E-state index is 2.54. The maximum absolute atomic E-state index is 2.54. The monoisotopic (exact) mass is 210 g/mol.